The van der Waals surface area contributed by atoms with E-state index >= 15 is 0 Å². The van der Waals surface area contributed by atoms with E-state index in [4.69, 9.17) is 4.74 Å². The van der Waals surface area contributed by atoms with Crippen molar-refractivity contribution in [2.24, 2.45) is 0 Å². The minimum Gasteiger partial charge on any atom is -0.493 e. The minimum absolute atomic E-state index is 0.216. The Kier molecular flexibility index (Phi) is 3.86. The Labute approximate surface area is 171 Å². The molecule has 4 heterocycles. The number of hydrogen-bond acceptors (Lipinski definition) is 6. The van der Waals surface area contributed by atoms with Crippen LogP contribution in [0.15, 0.2) is 35.3 Å². The Morgan fingerprint density at radius 1 is 1.33 bits per heavy atom. The Balaban J connectivity index is 1.66. The number of aromatic nitrogens is 3. The van der Waals surface area contributed by atoms with Crippen LogP contribution in [-0.2, 0) is 4.74 Å². The van der Waals surface area contributed by atoms with Crippen molar-refractivity contribution in [3.05, 3.63) is 52.3 Å². The molecule has 5 rings (SSSR count). The molecule has 152 valence electrons. The average molecular weight is 405 g/mol. The van der Waals surface area contributed by atoms with Gasteiger partial charge in [-0.05, 0) is 20.3 Å². The molecule has 2 aliphatic rings. The lowest BCUT2D eigenvalue weighted by molar-refractivity contribution is 0.0688. The van der Waals surface area contributed by atoms with Crippen LogP contribution in [0.1, 0.15) is 43.7 Å². The van der Waals surface area contributed by atoms with Crippen molar-refractivity contribution in [3.63, 3.8) is 0 Å². The van der Waals surface area contributed by atoms with E-state index in [0.717, 1.165) is 0 Å². The molecule has 1 amide bonds. The van der Waals surface area contributed by atoms with E-state index < -0.39 is 12.1 Å². The van der Waals surface area contributed by atoms with Gasteiger partial charge in [-0.2, -0.15) is 5.26 Å². The largest absolute Gasteiger partial charge is 0.493 e. The predicted octanol–water partition coefficient (Wildman–Crippen LogP) is 2.61. The second-order valence-corrected chi connectivity index (χ2v) is 7.84. The third-order valence-corrected chi connectivity index (χ3v) is 5.75. The highest BCUT2D eigenvalue weighted by atomic mass is 16.6. The van der Waals surface area contributed by atoms with Gasteiger partial charge in [0.2, 0.25) is 5.88 Å². The SMILES string of the molecule is CC(C)OC(=O)N1CC2CC1c1c(O)n(-c3cnc(C#N)c4ccccc34)c(=O)n12. The van der Waals surface area contributed by atoms with Gasteiger partial charge >= 0.3 is 11.8 Å². The number of nitriles is 1. The molecule has 0 saturated carbocycles. The maximum Gasteiger partial charge on any atom is 0.410 e. The summed E-state index contributed by atoms with van der Waals surface area (Å²) in [6, 6.07) is 8.53. The normalized spacial score (nSPS) is 19.3. The van der Waals surface area contributed by atoms with Crippen LogP contribution in [0.5, 0.6) is 5.88 Å². The number of carbonyl (C=O) groups is 1. The first-order chi connectivity index (χ1) is 14.4. The Hall–Kier alpha value is -3.80. The fourth-order valence-electron chi connectivity index (χ4n) is 4.58. The number of fused-ring (bicyclic) bond motifs is 6. The topological polar surface area (TPSA) is 113 Å². The van der Waals surface area contributed by atoms with E-state index in [1.165, 1.54) is 10.8 Å². The zero-order valence-electron chi connectivity index (χ0n) is 16.4. The summed E-state index contributed by atoms with van der Waals surface area (Å²) in [5.41, 5.74) is 0.662. The van der Waals surface area contributed by atoms with Crippen LogP contribution >= 0.6 is 0 Å². The Morgan fingerprint density at radius 3 is 2.77 bits per heavy atom. The van der Waals surface area contributed by atoms with Crippen molar-refractivity contribution in [3.8, 4) is 17.6 Å². The molecule has 1 saturated heterocycles. The molecule has 2 atom stereocenters. The zero-order chi connectivity index (χ0) is 21.2. The van der Waals surface area contributed by atoms with Crippen molar-refractivity contribution >= 4 is 16.9 Å². The number of ether oxygens (including phenoxy) is 1. The van der Waals surface area contributed by atoms with Crippen molar-refractivity contribution in [1.82, 2.24) is 19.0 Å². The standard InChI is InChI=1S/C21H19N5O4/c1-11(2)30-21(29)24-10-12-7-16(24)18-19(27)26(20(28)25(12)18)17-9-23-15(8-22)13-5-3-4-6-14(13)17/h3-6,9,11-12,16,27H,7,10H2,1-2H3. The highest BCUT2D eigenvalue weighted by Crippen LogP contribution is 2.49. The van der Waals surface area contributed by atoms with Gasteiger partial charge in [-0.3, -0.25) is 9.47 Å². The van der Waals surface area contributed by atoms with Gasteiger partial charge in [0.1, 0.15) is 17.5 Å². The molecule has 1 N–H and O–H groups in total. The number of likely N-dealkylation sites (tertiary alicyclic amines) is 1. The van der Waals surface area contributed by atoms with Crippen LogP contribution in [0.3, 0.4) is 0 Å². The molecule has 2 aromatic heterocycles. The summed E-state index contributed by atoms with van der Waals surface area (Å²) in [6.45, 7) is 3.91. The van der Waals surface area contributed by atoms with E-state index in [2.05, 4.69) is 11.1 Å². The zero-order valence-corrected chi connectivity index (χ0v) is 16.4. The third-order valence-electron chi connectivity index (χ3n) is 5.75. The first kappa shape index (κ1) is 18.2. The van der Waals surface area contributed by atoms with Crippen molar-refractivity contribution in [2.75, 3.05) is 6.54 Å². The quantitative estimate of drug-likeness (QED) is 0.701. The summed E-state index contributed by atoms with van der Waals surface area (Å²) in [5.74, 6) is -0.216. The van der Waals surface area contributed by atoms with Crippen molar-refractivity contribution in [1.29, 1.82) is 5.26 Å². The van der Waals surface area contributed by atoms with Crippen LogP contribution < -0.4 is 5.69 Å². The molecule has 0 aliphatic carbocycles. The first-order valence-corrected chi connectivity index (χ1v) is 9.74. The molecular weight excluding hydrogens is 386 g/mol. The van der Waals surface area contributed by atoms with Gasteiger partial charge in [0.05, 0.1) is 30.1 Å². The van der Waals surface area contributed by atoms with E-state index in [1.54, 1.807) is 47.6 Å². The Bertz CT molecular complexity index is 1300. The molecule has 0 radical (unpaired) electrons. The number of benzene rings is 1. The summed E-state index contributed by atoms with van der Waals surface area (Å²) < 4.78 is 8.09. The number of imidazole rings is 1. The first-order valence-electron chi connectivity index (χ1n) is 9.74. The molecule has 3 aromatic rings. The smallest absolute Gasteiger partial charge is 0.410 e. The Morgan fingerprint density at radius 2 is 2.07 bits per heavy atom. The minimum atomic E-state index is -0.450. The second-order valence-electron chi connectivity index (χ2n) is 7.84. The number of hydrogen-bond donors (Lipinski definition) is 1. The summed E-state index contributed by atoms with van der Waals surface area (Å²) >= 11 is 0. The van der Waals surface area contributed by atoms with Crippen molar-refractivity contribution < 1.29 is 14.6 Å². The van der Waals surface area contributed by atoms with Crippen LogP contribution in [0.2, 0.25) is 0 Å². The van der Waals surface area contributed by atoms with E-state index in [1.807, 2.05) is 0 Å². The average Bonchev–Trinajstić information content (AvgIpc) is 3.38. The number of rotatable bonds is 2. The van der Waals surface area contributed by atoms with E-state index in [9.17, 15) is 20.0 Å². The monoisotopic (exact) mass is 405 g/mol. The second kappa shape index (κ2) is 6.35. The van der Waals surface area contributed by atoms with Gasteiger partial charge in [0.25, 0.3) is 0 Å². The van der Waals surface area contributed by atoms with E-state index in [-0.39, 0.29) is 29.4 Å². The summed E-state index contributed by atoms with van der Waals surface area (Å²) in [7, 11) is 0. The molecule has 2 bridgehead atoms. The number of amides is 1. The van der Waals surface area contributed by atoms with Gasteiger partial charge in [-0.25, -0.2) is 19.1 Å². The van der Waals surface area contributed by atoms with Crippen LogP contribution in [-0.4, -0.2) is 42.9 Å². The number of aromatic hydroxyl groups is 1. The predicted molar refractivity (Wildman–Crippen MR) is 106 cm³/mol. The van der Waals surface area contributed by atoms with Crippen LogP contribution in [0, 0.1) is 11.3 Å². The molecule has 9 nitrogen and oxygen atoms in total. The highest BCUT2D eigenvalue weighted by Gasteiger charge is 2.50. The van der Waals surface area contributed by atoms with Gasteiger partial charge in [0.15, 0.2) is 0 Å². The molecule has 30 heavy (non-hydrogen) atoms. The molecule has 2 aliphatic heterocycles. The number of carbonyl (C=O) groups excluding carboxylic acids is 1. The van der Waals surface area contributed by atoms with Crippen molar-refractivity contribution in [2.45, 2.75) is 38.5 Å². The molecule has 0 spiro atoms. The number of nitrogens with zero attached hydrogens (tertiary/aromatic N) is 5. The molecule has 9 heteroatoms. The van der Waals surface area contributed by atoms with E-state index in [0.29, 0.717) is 35.1 Å². The van der Waals surface area contributed by atoms with Crippen LogP contribution in [0.25, 0.3) is 16.5 Å². The van der Waals surface area contributed by atoms with Gasteiger partial charge in [-0.1, -0.05) is 24.3 Å². The van der Waals surface area contributed by atoms with Gasteiger partial charge < -0.3 is 9.84 Å². The fraction of sp³-hybridized carbons (Fsp3) is 0.333. The lowest BCUT2D eigenvalue weighted by atomic mass is 10.1. The molecular formula is C21H19N5O4. The molecule has 2 unspecified atom stereocenters. The summed E-state index contributed by atoms with van der Waals surface area (Å²) in [6.07, 6.45) is 1.28. The summed E-state index contributed by atoms with van der Waals surface area (Å²) in [4.78, 5) is 31.5. The summed E-state index contributed by atoms with van der Waals surface area (Å²) in [5, 5.41) is 21.6. The fourth-order valence-corrected chi connectivity index (χ4v) is 4.58. The number of pyridine rings is 1. The maximum absolute atomic E-state index is 13.3. The third kappa shape index (κ3) is 2.37. The van der Waals surface area contributed by atoms with Gasteiger partial charge in [0, 0.05) is 17.3 Å². The lowest BCUT2D eigenvalue weighted by Crippen LogP contribution is -2.38. The van der Waals surface area contributed by atoms with Gasteiger partial charge in [-0.15, -0.1) is 0 Å². The highest BCUT2D eigenvalue weighted by molar-refractivity contribution is 5.93. The lowest BCUT2D eigenvalue weighted by Gasteiger charge is -2.27. The van der Waals surface area contributed by atoms with Crippen LogP contribution in [0.4, 0.5) is 4.79 Å². The molecule has 1 aromatic carbocycles. The molecule has 1 fully saturated rings. The maximum atomic E-state index is 13.3.